The Morgan fingerprint density at radius 3 is 2.41 bits per heavy atom. The van der Waals surface area contributed by atoms with Crippen LogP contribution in [0, 0.1) is 0 Å². The summed E-state index contributed by atoms with van der Waals surface area (Å²) in [6.45, 7) is 0. The third kappa shape index (κ3) is 1.99. The average molecular weight is 358 g/mol. The molecule has 2 aromatic carbocycles. The Hall–Kier alpha value is -2.34. The third-order valence-electron chi connectivity index (χ3n) is 4.00. The fourth-order valence-electron chi connectivity index (χ4n) is 2.98. The lowest BCUT2D eigenvalue weighted by atomic mass is 9.90. The number of rotatable bonds is 1. The van der Waals surface area contributed by atoms with Crippen molar-refractivity contribution in [3.05, 3.63) is 52.5 Å². The molecule has 5 nitrogen and oxygen atoms in total. The number of benzene rings is 2. The molecular weight excluding hydrogens is 346 g/mol. The molecule has 0 spiro atoms. The topological polar surface area (TPSA) is 70.2 Å². The highest BCUT2D eigenvalue weighted by molar-refractivity contribution is 9.10. The van der Waals surface area contributed by atoms with Gasteiger partial charge in [0, 0.05) is 10.2 Å². The van der Waals surface area contributed by atoms with Crippen LogP contribution >= 0.6 is 15.9 Å². The standard InChI is InChI=1S/C16H12BrN3O2/c17-8-5-6-10-9(7-8)13(15(21)19-10)14-16(22)20-12-4-2-1-3-11(12)18-14/h1-7,13-14,18H,(H,19,21)(H,20,22). The number of amides is 2. The van der Waals surface area contributed by atoms with Crippen LogP contribution in [0.5, 0.6) is 0 Å². The minimum absolute atomic E-state index is 0.167. The van der Waals surface area contributed by atoms with E-state index in [0.29, 0.717) is 0 Å². The van der Waals surface area contributed by atoms with Gasteiger partial charge in [0.2, 0.25) is 11.8 Å². The zero-order chi connectivity index (χ0) is 15.3. The normalized spacial score (nSPS) is 22.2. The van der Waals surface area contributed by atoms with Gasteiger partial charge < -0.3 is 16.0 Å². The zero-order valence-corrected chi connectivity index (χ0v) is 13.0. The molecule has 0 saturated heterocycles. The number of hydrogen-bond donors (Lipinski definition) is 3. The summed E-state index contributed by atoms with van der Waals surface area (Å²) >= 11 is 3.42. The van der Waals surface area contributed by atoms with Crippen LogP contribution in [0.2, 0.25) is 0 Å². The van der Waals surface area contributed by atoms with E-state index in [2.05, 4.69) is 31.9 Å². The van der Waals surface area contributed by atoms with Gasteiger partial charge in [-0.2, -0.15) is 0 Å². The van der Waals surface area contributed by atoms with Crippen molar-refractivity contribution in [2.24, 2.45) is 0 Å². The van der Waals surface area contributed by atoms with Crippen LogP contribution in [-0.4, -0.2) is 17.9 Å². The molecule has 2 unspecified atom stereocenters. The van der Waals surface area contributed by atoms with Crippen LogP contribution in [0.4, 0.5) is 17.1 Å². The van der Waals surface area contributed by atoms with Crippen LogP contribution < -0.4 is 16.0 Å². The predicted octanol–water partition coefficient (Wildman–Crippen LogP) is 2.92. The number of fused-ring (bicyclic) bond motifs is 2. The van der Waals surface area contributed by atoms with Crippen molar-refractivity contribution in [3.63, 3.8) is 0 Å². The summed E-state index contributed by atoms with van der Waals surface area (Å²) in [5.41, 5.74) is 3.14. The van der Waals surface area contributed by atoms with Gasteiger partial charge >= 0.3 is 0 Å². The number of anilines is 3. The number of halogens is 1. The van der Waals surface area contributed by atoms with Crippen LogP contribution in [0.1, 0.15) is 11.5 Å². The van der Waals surface area contributed by atoms with E-state index in [1.807, 2.05) is 42.5 Å². The highest BCUT2D eigenvalue weighted by atomic mass is 79.9. The second-order valence-corrected chi connectivity index (χ2v) is 6.27. The van der Waals surface area contributed by atoms with E-state index in [0.717, 1.165) is 27.1 Å². The maximum Gasteiger partial charge on any atom is 0.248 e. The fourth-order valence-corrected chi connectivity index (χ4v) is 3.36. The molecule has 3 N–H and O–H groups in total. The van der Waals surface area contributed by atoms with Crippen LogP contribution in [0.3, 0.4) is 0 Å². The molecule has 2 aliphatic rings. The summed E-state index contributed by atoms with van der Waals surface area (Å²) < 4.78 is 0.879. The Labute approximate surface area is 135 Å². The molecule has 110 valence electrons. The van der Waals surface area contributed by atoms with Crippen LogP contribution in [-0.2, 0) is 9.59 Å². The summed E-state index contributed by atoms with van der Waals surface area (Å²) in [4.78, 5) is 24.8. The fraction of sp³-hybridized carbons (Fsp3) is 0.125. The molecule has 0 aliphatic carbocycles. The second-order valence-electron chi connectivity index (χ2n) is 5.36. The highest BCUT2D eigenvalue weighted by Gasteiger charge is 2.42. The molecule has 0 bridgehead atoms. The maximum absolute atomic E-state index is 12.4. The first kappa shape index (κ1) is 13.3. The number of carbonyl (C=O) groups excluding carboxylic acids is 2. The lowest BCUT2D eigenvalue weighted by Crippen LogP contribution is -2.45. The summed E-state index contributed by atoms with van der Waals surface area (Å²) in [6, 6.07) is 12.4. The van der Waals surface area contributed by atoms with E-state index in [-0.39, 0.29) is 11.8 Å². The lowest BCUT2D eigenvalue weighted by molar-refractivity contribution is -0.123. The van der Waals surface area contributed by atoms with Crippen molar-refractivity contribution in [2.75, 3.05) is 16.0 Å². The van der Waals surface area contributed by atoms with Gasteiger partial charge in [-0.25, -0.2) is 0 Å². The molecule has 0 aromatic heterocycles. The highest BCUT2D eigenvalue weighted by Crippen LogP contribution is 2.39. The summed E-state index contributed by atoms with van der Waals surface area (Å²) in [5, 5.41) is 8.89. The van der Waals surface area contributed by atoms with Crippen LogP contribution in [0.15, 0.2) is 46.9 Å². The molecule has 2 heterocycles. The molecule has 2 amide bonds. The van der Waals surface area contributed by atoms with Crippen molar-refractivity contribution < 1.29 is 9.59 Å². The summed E-state index contributed by atoms with van der Waals surface area (Å²) in [7, 11) is 0. The van der Waals surface area contributed by atoms with E-state index in [1.54, 1.807) is 0 Å². The van der Waals surface area contributed by atoms with Gasteiger partial charge in [-0.1, -0.05) is 28.1 Å². The van der Waals surface area contributed by atoms with Gasteiger partial charge in [0.1, 0.15) is 6.04 Å². The first-order chi connectivity index (χ1) is 10.6. The number of para-hydroxylation sites is 2. The molecule has 2 atom stereocenters. The Bertz CT molecular complexity index is 806. The molecule has 4 rings (SSSR count). The summed E-state index contributed by atoms with van der Waals surface area (Å²) in [5.74, 6) is -0.923. The minimum atomic E-state index is -0.634. The molecule has 2 aliphatic heterocycles. The molecule has 0 fully saturated rings. The molecule has 0 radical (unpaired) electrons. The molecular formula is C16H12BrN3O2. The number of carbonyl (C=O) groups is 2. The van der Waals surface area contributed by atoms with Crippen molar-refractivity contribution in [1.82, 2.24) is 0 Å². The van der Waals surface area contributed by atoms with Gasteiger partial charge in [-0.3, -0.25) is 9.59 Å². The number of hydrogen-bond acceptors (Lipinski definition) is 3. The number of nitrogens with one attached hydrogen (secondary N) is 3. The lowest BCUT2D eigenvalue weighted by Gasteiger charge is -2.29. The van der Waals surface area contributed by atoms with Gasteiger partial charge in [0.25, 0.3) is 0 Å². The van der Waals surface area contributed by atoms with Crippen molar-refractivity contribution in [3.8, 4) is 0 Å². The van der Waals surface area contributed by atoms with Gasteiger partial charge in [-0.05, 0) is 35.9 Å². The van der Waals surface area contributed by atoms with Gasteiger partial charge in [-0.15, -0.1) is 0 Å². The van der Waals surface area contributed by atoms with Crippen LogP contribution in [0.25, 0.3) is 0 Å². The van der Waals surface area contributed by atoms with Crippen molar-refractivity contribution in [1.29, 1.82) is 0 Å². The average Bonchev–Trinajstić information content (AvgIpc) is 2.82. The smallest absolute Gasteiger partial charge is 0.248 e. The predicted molar refractivity (Wildman–Crippen MR) is 88.0 cm³/mol. The van der Waals surface area contributed by atoms with E-state index >= 15 is 0 Å². The SMILES string of the molecule is O=C1Nc2ccccc2NC1C1C(=O)Nc2ccc(Br)cc21. The molecule has 0 saturated carbocycles. The zero-order valence-electron chi connectivity index (χ0n) is 11.4. The quantitative estimate of drug-likeness (QED) is 0.734. The first-order valence-electron chi connectivity index (χ1n) is 6.90. The van der Waals surface area contributed by atoms with E-state index < -0.39 is 12.0 Å². The van der Waals surface area contributed by atoms with E-state index in [9.17, 15) is 9.59 Å². The Morgan fingerprint density at radius 1 is 0.864 bits per heavy atom. The Kier molecular flexibility index (Phi) is 2.94. The Morgan fingerprint density at radius 2 is 1.59 bits per heavy atom. The van der Waals surface area contributed by atoms with E-state index in [1.165, 1.54) is 0 Å². The van der Waals surface area contributed by atoms with Gasteiger partial charge in [0.15, 0.2) is 0 Å². The van der Waals surface area contributed by atoms with Crippen molar-refractivity contribution in [2.45, 2.75) is 12.0 Å². The molecule has 6 heteroatoms. The second kappa shape index (κ2) is 4.84. The molecule has 22 heavy (non-hydrogen) atoms. The Balaban J connectivity index is 1.76. The molecule has 2 aromatic rings. The van der Waals surface area contributed by atoms with E-state index in [4.69, 9.17) is 0 Å². The third-order valence-corrected chi connectivity index (χ3v) is 4.49. The first-order valence-corrected chi connectivity index (χ1v) is 7.69. The monoisotopic (exact) mass is 357 g/mol. The van der Waals surface area contributed by atoms with Gasteiger partial charge in [0.05, 0.1) is 17.3 Å². The minimum Gasteiger partial charge on any atom is -0.371 e. The summed E-state index contributed by atoms with van der Waals surface area (Å²) in [6.07, 6.45) is 0. The largest absolute Gasteiger partial charge is 0.371 e. The van der Waals surface area contributed by atoms with Crippen molar-refractivity contribution >= 4 is 44.8 Å². The maximum atomic E-state index is 12.4.